The Labute approximate surface area is 229 Å². The van der Waals surface area contributed by atoms with E-state index in [2.05, 4.69) is 36.3 Å². The Morgan fingerprint density at radius 2 is 1.82 bits per heavy atom. The molecule has 0 amide bonds. The maximum absolute atomic E-state index is 13.6. The van der Waals surface area contributed by atoms with Crippen LogP contribution in [-0.2, 0) is 14.6 Å². The maximum atomic E-state index is 13.6. The Morgan fingerprint density at radius 1 is 1.05 bits per heavy atom. The molecule has 3 N–H and O–H groups in total. The van der Waals surface area contributed by atoms with Crippen molar-refractivity contribution in [2.45, 2.75) is 11.8 Å². The largest absolute Gasteiger partial charge is 0.367 e. The van der Waals surface area contributed by atoms with E-state index in [4.69, 9.17) is 0 Å². The van der Waals surface area contributed by atoms with Crippen molar-refractivity contribution in [1.29, 1.82) is 0 Å². The van der Waals surface area contributed by atoms with Crippen LogP contribution in [0.5, 0.6) is 0 Å². The SMILES string of the molecule is Cc1cc(Br)cc(S(=O)(=O)N(CP(=O)(O)O)c2ccc3c(ccn3-c3ccc(NCCN(C)C)nn3)c2)c1. The second-order valence-corrected chi connectivity index (χ2v) is 13.4. The van der Waals surface area contributed by atoms with Gasteiger partial charge in [-0.15, -0.1) is 10.2 Å². The molecule has 0 bridgehead atoms. The second-order valence-electron chi connectivity index (χ2n) is 9.06. The number of hydrogen-bond donors (Lipinski definition) is 3. The second kappa shape index (κ2) is 11.1. The van der Waals surface area contributed by atoms with E-state index in [9.17, 15) is 22.8 Å². The standard InChI is InChI=1S/C24H28BrN6O5PS/c1-17-12-19(25)15-21(13-17)38(35,36)31(16-37(32,33)34)20-4-5-22-18(14-20)8-10-30(22)24-7-6-23(27-28-24)26-9-11-29(2)3/h4-8,10,12-15H,9,11,16H2,1-3H3,(H,26,27)(H2,32,33,34). The monoisotopic (exact) mass is 622 g/mol. The molecular formula is C24H28BrN6O5PS. The number of aryl methyl sites for hydroxylation is 1. The van der Waals surface area contributed by atoms with Crippen LogP contribution in [0.4, 0.5) is 11.5 Å². The fourth-order valence-corrected chi connectivity index (χ4v) is 7.46. The Bertz CT molecular complexity index is 1580. The van der Waals surface area contributed by atoms with Crippen LogP contribution >= 0.6 is 23.5 Å². The highest BCUT2D eigenvalue weighted by atomic mass is 79.9. The molecule has 0 aliphatic rings. The highest BCUT2D eigenvalue weighted by Crippen LogP contribution is 2.40. The first kappa shape index (κ1) is 28.2. The van der Waals surface area contributed by atoms with E-state index in [1.54, 1.807) is 42.0 Å². The Hall–Kier alpha value is -2.80. The van der Waals surface area contributed by atoms with E-state index >= 15 is 0 Å². The number of fused-ring (bicyclic) bond motifs is 1. The molecule has 2 heterocycles. The Balaban J connectivity index is 1.68. The lowest BCUT2D eigenvalue weighted by atomic mass is 10.2. The summed E-state index contributed by atoms with van der Waals surface area (Å²) < 4.78 is 42.2. The molecule has 0 aliphatic carbocycles. The minimum Gasteiger partial charge on any atom is -0.367 e. The first-order chi connectivity index (χ1) is 17.8. The lowest BCUT2D eigenvalue weighted by Gasteiger charge is -2.25. The average Bonchev–Trinajstić information content (AvgIpc) is 3.25. The number of nitrogens with zero attached hydrogens (tertiary/aromatic N) is 5. The summed E-state index contributed by atoms with van der Waals surface area (Å²) in [6.07, 6.45) is 0.776. The van der Waals surface area contributed by atoms with Gasteiger partial charge in [0.15, 0.2) is 5.82 Å². The highest BCUT2D eigenvalue weighted by Gasteiger charge is 2.31. The van der Waals surface area contributed by atoms with Crippen molar-refractivity contribution in [3.05, 3.63) is 70.8 Å². The summed E-state index contributed by atoms with van der Waals surface area (Å²) in [5.41, 5.74) is 1.53. The number of likely N-dealkylation sites (N-methyl/N-ethyl adjacent to an activating group) is 1. The van der Waals surface area contributed by atoms with Gasteiger partial charge in [0.1, 0.15) is 12.1 Å². The predicted octanol–water partition coefficient (Wildman–Crippen LogP) is 3.80. The quantitative estimate of drug-likeness (QED) is 0.225. The number of aromatic nitrogens is 3. The first-order valence-electron chi connectivity index (χ1n) is 11.5. The van der Waals surface area contributed by atoms with Crippen LogP contribution in [-0.4, -0.2) is 71.3 Å². The van der Waals surface area contributed by atoms with Crippen LogP contribution in [0.25, 0.3) is 16.7 Å². The summed E-state index contributed by atoms with van der Waals surface area (Å²) >= 11 is 3.30. The van der Waals surface area contributed by atoms with Crippen molar-refractivity contribution in [2.75, 3.05) is 43.1 Å². The number of sulfonamides is 1. The van der Waals surface area contributed by atoms with Gasteiger partial charge in [-0.2, -0.15) is 0 Å². The summed E-state index contributed by atoms with van der Waals surface area (Å²) in [4.78, 5) is 21.4. The minimum absolute atomic E-state index is 0.0787. The number of halogens is 1. The van der Waals surface area contributed by atoms with Gasteiger partial charge in [0.2, 0.25) is 0 Å². The smallest absolute Gasteiger partial charge is 0.345 e. The van der Waals surface area contributed by atoms with Gasteiger partial charge in [-0.25, -0.2) is 8.42 Å². The predicted molar refractivity (Wildman–Crippen MR) is 151 cm³/mol. The Morgan fingerprint density at radius 3 is 2.45 bits per heavy atom. The molecule has 0 atom stereocenters. The van der Waals surface area contributed by atoms with E-state index in [0.29, 0.717) is 27.1 Å². The van der Waals surface area contributed by atoms with Crippen LogP contribution in [0.1, 0.15) is 5.56 Å². The summed E-state index contributed by atoms with van der Waals surface area (Å²) in [5.74, 6) is 1.21. The van der Waals surface area contributed by atoms with Crippen LogP contribution in [0.3, 0.4) is 0 Å². The molecule has 0 unspecified atom stereocenters. The lowest BCUT2D eigenvalue weighted by molar-refractivity contribution is 0.373. The number of nitrogens with one attached hydrogen (secondary N) is 1. The molecule has 38 heavy (non-hydrogen) atoms. The zero-order valence-electron chi connectivity index (χ0n) is 21.0. The normalized spacial score (nSPS) is 12.3. The van der Waals surface area contributed by atoms with E-state index in [0.717, 1.165) is 22.9 Å². The lowest BCUT2D eigenvalue weighted by Crippen LogP contribution is -2.32. The molecule has 4 aromatic rings. The molecule has 11 nitrogen and oxygen atoms in total. The van der Waals surface area contributed by atoms with Crippen molar-refractivity contribution in [1.82, 2.24) is 19.7 Å². The third kappa shape index (κ3) is 6.60. The zero-order valence-corrected chi connectivity index (χ0v) is 24.3. The van der Waals surface area contributed by atoms with E-state index in [-0.39, 0.29) is 10.6 Å². The number of rotatable bonds is 10. The molecule has 0 saturated heterocycles. The van der Waals surface area contributed by atoms with Gasteiger partial charge in [0, 0.05) is 29.1 Å². The molecule has 0 spiro atoms. The zero-order chi connectivity index (χ0) is 27.7. The molecule has 0 radical (unpaired) electrons. The first-order valence-corrected chi connectivity index (χ1v) is 15.5. The van der Waals surface area contributed by atoms with Crippen molar-refractivity contribution in [2.24, 2.45) is 0 Å². The van der Waals surface area contributed by atoms with Crippen LogP contribution in [0.2, 0.25) is 0 Å². The summed E-state index contributed by atoms with van der Waals surface area (Å²) in [7, 11) is -5.06. The van der Waals surface area contributed by atoms with Gasteiger partial charge >= 0.3 is 7.60 Å². The number of anilines is 2. The third-order valence-corrected chi connectivity index (χ3v) is 8.69. The molecule has 202 valence electrons. The van der Waals surface area contributed by atoms with Crippen molar-refractivity contribution in [3.63, 3.8) is 0 Å². The summed E-state index contributed by atoms with van der Waals surface area (Å²) in [6, 6.07) is 14.8. The minimum atomic E-state index is -4.75. The van der Waals surface area contributed by atoms with Gasteiger partial charge in [0.25, 0.3) is 10.0 Å². The molecule has 14 heteroatoms. The topological polar surface area (TPSA) is 141 Å². The molecular weight excluding hydrogens is 595 g/mol. The van der Waals surface area contributed by atoms with Crippen molar-refractivity contribution in [3.8, 4) is 5.82 Å². The Kier molecular flexibility index (Phi) is 8.26. The van der Waals surface area contributed by atoms with Gasteiger partial charge in [-0.05, 0) is 81.2 Å². The van der Waals surface area contributed by atoms with Gasteiger partial charge < -0.3 is 20.0 Å². The van der Waals surface area contributed by atoms with Crippen LogP contribution in [0.15, 0.2) is 70.2 Å². The molecule has 4 rings (SSSR count). The van der Waals surface area contributed by atoms with E-state index in [1.165, 1.54) is 18.2 Å². The van der Waals surface area contributed by atoms with E-state index in [1.807, 2.05) is 26.2 Å². The average molecular weight is 623 g/mol. The number of benzene rings is 2. The number of hydrogen-bond acceptors (Lipinski definition) is 7. The maximum Gasteiger partial charge on any atom is 0.345 e. The van der Waals surface area contributed by atoms with Crippen molar-refractivity contribution < 1.29 is 22.8 Å². The molecule has 0 fully saturated rings. The van der Waals surface area contributed by atoms with Gasteiger partial charge in [-0.3, -0.25) is 13.4 Å². The fraction of sp³-hybridized carbons (Fsp3) is 0.250. The molecule has 2 aromatic carbocycles. The molecule has 0 aliphatic heterocycles. The summed E-state index contributed by atoms with van der Waals surface area (Å²) in [5, 5.41) is 12.4. The summed E-state index contributed by atoms with van der Waals surface area (Å²) in [6.45, 7) is 3.31. The van der Waals surface area contributed by atoms with E-state index < -0.39 is 23.9 Å². The highest BCUT2D eigenvalue weighted by molar-refractivity contribution is 9.10. The van der Waals surface area contributed by atoms with Gasteiger partial charge in [-0.1, -0.05) is 15.9 Å². The van der Waals surface area contributed by atoms with Crippen LogP contribution < -0.4 is 9.62 Å². The molecule has 2 aromatic heterocycles. The third-order valence-electron chi connectivity index (χ3n) is 5.64. The van der Waals surface area contributed by atoms with Crippen LogP contribution in [0, 0.1) is 6.92 Å². The van der Waals surface area contributed by atoms with Gasteiger partial charge in [0.05, 0.1) is 16.1 Å². The van der Waals surface area contributed by atoms with Crippen molar-refractivity contribution >= 4 is 56.0 Å². The molecule has 0 saturated carbocycles. The fourth-order valence-electron chi connectivity index (χ4n) is 3.88.